The molecular formula is C21H20N4O2. The van der Waals surface area contributed by atoms with Crippen LogP contribution in [0.4, 0.5) is 0 Å². The Kier molecular flexibility index (Phi) is 4.78. The summed E-state index contributed by atoms with van der Waals surface area (Å²) in [4.78, 5) is 20.3. The zero-order chi connectivity index (χ0) is 18.6. The topological polar surface area (TPSA) is 80.4 Å². The van der Waals surface area contributed by atoms with Crippen LogP contribution in [0.25, 0.3) is 16.6 Å². The maximum atomic E-state index is 10.8. The molecular weight excluding hydrogens is 340 g/mol. The number of nitrogens with zero attached hydrogens (tertiary/aromatic N) is 4. The lowest BCUT2D eigenvalue weighted by Crippen LogP contribution is -2.05. The van der Waals surface area contributed by atoms with E-state index in [2.05, 4.69) is 17.2 Å². The molecule has 6 nitrogen and oxygen atoms in total. The van der Waals surface area contributed by atoms with Crippen LogP contribution in [-0.2, 0) is 24.1 Å². The van der Waals surface area contributed by atoms with E-state index in [0.717, 1.165) is 41.0 Å². The smallest absolute Gasteiger partial charge is 0.303 e. The molecule has 0 fully saturated rings. The summed E-state index contributed by atoms with van der Waals surface area (Å²) in [6, 6.07) is 18.1. The molecule has 27 heavy (non-hydrogen) atoms. The number of aliphatic carboxylic acids is 1. The van der Waals surface area contributed by atoms with E-state index < -0.39 is 5.97 Å². The first-order valence-electron chi connectivity index (χ1n) is 9.10. The zero-order valence-electron chi connectivity index (χ0n) is 14.9. The predicted octanol–water partition coefficient (Wildman–Crippen LogP) is 3.47. The molecule has 2 aromatic carbocycles. The Labute approximate surface area is 156 Å². The summed E-state index contributed by atoms with van der Waals surface area (Å²) in [5.41, 5.74) is 2.90. The summed E-state index contributed by atoms with van der Waals surface area (Å²) in [5.74, 6) is 0.731. The highest BCUT2D eigenvalue weighted by Crippen LogP contribution is 2.19. The highest BCUT2D eigenvalue weighted by molar-refractivity contribution is 5.91. The van der Waals surface area contributed by atoms with E-state index in [1.165, 1.54) is 5.56 Å². The van der Waals surface area contributed by atoms with Crippen LogP contribution in [-0.4, -0.2) is 30.7 Å². The summed E-state index contributed by atoms with van der Waals surface area (Å²) < 4.78 is 1.78. The first kappa shape index (κ1) is 17.1. The second kappa shape index (κ2) is 7.53. The molecule has 0 aliphatic carbocycles. The van der Waals surface area contributed by atoms with Gasteiger partial charge in [-0.25, -0.2) is 9.97 Å². The molecule has 0 aliphatic heterocycles. The number of hydrogen-bond acceptors (Lipinski definition) is 4. The highest BCUT2D eigenvalue weighted by Gasteiger charge is 2.13. The van der Waals surface area contributed by atoms with Gasteiger partial charge in [0.2, 0.25) is 0 Å². The van der Waals surface area contributed by atoms with Crippen molar-refractivity contribution >= 4 is 22.5 Å². The maximum Gasteiger partial charge on any atom is 0.303 e. The number of fused-ring (bicyclic) bond motifs is 3. The quantitative estimate of drug-likeness (QED) is 0.546. The van der Waals surface area contributed by atoms with E-state index in [9.17, 15) is 4.79 Å². The van der Waals surface area contributed by atoms with E-state index in [1.807, 2.05) is 42.5 Å². The van der Waals surface area contributed by atoms with Gasteiger partial charge in [-0.15, -0.1) is 5.10 Å². The molecule has 2 heterocycles. The minimum Gasteiger partial charge on any atom is -0.481 e. The number of hydrogen-bond donors (Lipinski definition) is 1. The van der Waals surface area contributed by atoms with Crippen LogP contribution >= 0.6 is 0 Å². The third-order valence-electron chi connectivity index (χ3n) is 4.56. The van der Waals surface area contributed by atoms with Crippen LogP contribution in [0.15, 0.2) is 54.6 Å². The van der Waals surface area contributed by atoms with Crippen LogP contribution in [0.2, 0.25) is 0 Å². The van der Waals surface area contributed by atoms with Crippen LogP contribution in [0.1, 0.15) is 30.1 Å². The fraction of sp³-hybridized carbons (Fsp3) is 0.238. The van der Waals surface area contributed by atoms with Gasteiger partial charge in [-0.2, -0.15) is 4.52 Å². The van der Waals surface area contributed by atoms with Crippen molar-refractivity contribution in [3.05, 3.63) is 71.8 Å². The molecule has 0 unspecified atom stereocenters. The number of aromatic nitrogens is 4. The maximum absolute atomic E-state index is 10.8. The molecule has 4 aromatic rings. The van der Waals surface area contributed by atoms with Crippen LogP contribution in [0.3, 0.4) is 0 Å². The van der Waals surface area contributed by atoms with E-state index >= 15 is 0 Å². The van der Waals surface area contributed by atoms with E-state index in [-0.39, 0.29) is 6.42 Å². The molecule has 0 saturated heterocycles. The van der Waals surface area contributed by atoms with Crippen molar-refractivity contribution in [2.45, 2.75) is 32.1 Å². The number of carbonyl (C=O) groups is 1. The number of para-hydroxylation sites is 1. The first-order valence-corrected chi connectivity index (χ1v) is 9.10. The monoisotopic (exact) mass is 360 g/mol. The van der Waals surface area contributed by atoms with Gasteiger partial charge in [-0.1, -0.05) is 42.5 Å². The Morgan fingerprint density at radius 3 is 2.52 bits per heavy atom. The molecule has 4 rings (SSSR count). The number of benzene rings is 2. The molecule has 0 atom stereocenters. The van der Waals surface area contributed by atoms with Gasteiger partial charge in [0, 0.05) is 24.6 Å². The Morgan fingerprint density at radius 1 is 0.926 bits per heavy atom. The fourth-order valence-corrected chi connectivity index (χ4v) is 3.22. The zero-order valence-corrected chi connectivity index (χ0v) is 14.9. The second-order valence-corrected chi connectivity index (χ2v) is 6.54. The molecule has 0 aliphatic rings. The second-order valence-electron chi connectivity index (χ2n) is 6.54. The SMILES string of the molecule is O=C(O)CCCc1nc2ccccc2c2nc(CCc3ccccc3)nn12. The normalized spacial score (nSPS) is 11.3. The highest BCUT2D eigenvalue weighted by atomic mass is 16.4. The summed E-state index contributed by atoms with van der Waals surface area (Å²) in [6.45, 7) is 0. The Balaban J connectivity index is 1.68. The molecule has 0 amide bonds. The molecule has 0 bridgehead atoms. The molecule has 6 heteroatoms. The van der Waals surface area contributed by atoms with E-state index in [0.29, 0.717) is 12.8 Å². The van der Waals surface area contributed by atoms with Crippen molar-refractivity contribution < 1.29 is 9.90 Å². The summed E-state index contributed by atoms with van der Waals surface area (Å²) in [7, 11) is 0. The van der Waals surface area contributed by atoms with Gasteiger partial charge in [0.1, 0.15) is 5.82 Å². The lowest BCUT2D eigenvalue weighted by molar-refractivity contribution is -0.137. The Bertz CT molecular complexity index is 1090. The van der Waals surface area contributed by atoms with Crippen molar-refractivity contribution in [3.63, 3.8) is 0 Å². The molecule has 1 N–H and O–H groups in total. The minimum absolute atomic E-state index is 0.117. The van der Waals surface area contributed by atoms with Crippen LogP contribution in [0.5, 0.6) is 0 Å². The van der Waals surface area contributed by atoms with Gasteiger partial charge in [-0.3, -0.25) is 4.79 Å². The van der Waals surface area contributed by atoms with Gasteiger partial charge in [-0.05, 0) is 30.5 Å². The number of rotatable bonds is 7. The van der Waals surface area contributed by atoms with E-state index in [4.69, 9.17) is 15.1 Å². The van der Waals surface area contributed by atoms with Crippen molar-refractivity contribution in [3.8, 4) is 0 Å². The summed E-state index contributed by atoms with van der Waals surface area (Å²) in [6.07, 6.45) is 2.81. The molecule has 2 aromatic heterocycles. The first-order chi connectivity index (χ1) is 13.2. The molecule has 136 valence electrons. The summed E-state index contributed by atoms with van der Waals surface area (Å²) in [5, 5.41) is 14.5. The van der Waals surface area contributed by atoms with Gasteiger partial charge in [0.05, 0.1) is 5.52 Å². The van der Waals surface area contributed by atoms with Gasteiger partial charge in [0.25, 0.3) is 0 Å². The number of carboxylic acids is 1. The Morgan fingerprint density at radius 2 is 1.70 bits per heavy atom. The van der Waals surface area contributed by atoms with Gasteiger partial charge in [0.15, 0.2) is 11.5 Å². The minimum atomic E-state index is -0.797. The molecule has 0 radical (unpaired) electrons. The fourth-order valence-electron chi connectivity index (χ4n) is 3.22. The van der Waals surface area contributed by atoms with E-state index in [1.54, 1.807) is 4.52 Å². The summed E-state index contributed by atoms with van der Waals surface area (Å²) >= 11 is 0. The lowest BCUT2D eigenvalue weighted by atomic mass is 10.1. The van der Waals surface area contributed by atoms with Crippen molar-refractivity contribution in [1.82, 2.24) is 19.6 Å². The largest absolute Gasteiger partial charge is 0.481 e. The standard InChI is InChI=1S/C21H20N4O2/c26-20(27)12-6-11-19-22-17-10-5-4-9-16(17)21-23-18(24-25(19)21)14-13-15-7-2-1-3-8-15/h1-5,7-10H,6,11-14H2,(H,26,27). The van der Waals surface area contributed by atoms with Crippen molar-refractivity contribution in [2.75, 3.05) is 0 Å². The molecule has 0 spiro atoms. The third kappa shape index (κ3) is 3.79. The average molecular weight is 360 g/mol. The van der Waals surface area contributed by atoms with Crippen molar-refractivity contribution in [2.24, 2.45) is 0 Å². The number of aryl methyl sites for hydroxylation is 3. The lowest BCUT2D eigenvalue weighted by Gasteiger charge is -2.05. The average Bonchev–Trinajstić information content (AvgIpc) is 3.12. The van der Waals surface area contributed by atoms with Gasteiger partial charge < -0.3 is 5.11 Å². The van der Waals surface area contributed by atoms with Crippen LogP contribution < -0.4 is 0 Å². The Hall–Kier alpha value is -3.28. The predicted molar refractivity (Wildman–Crippen MR) is 103 cm³/mol. The third-order valence-corrected chi connectivity index (χ3v) is 4.56. The molecule has 0 saturated carbocycles. The van der Waals surface area contributed by atoms with Crippen molar-refractivity contribution in [1.29, 1.82) is 0 Å². The van der Waals surface area contributed by atoms with Crippen LogP contribution in [0, 0.1) is 0 Å². The number of carboxylic acid groups (broad SMARTS) is 1. The van der Waals surface area contributed by atoms with Gasteiger partial charge >= 0.3 is 5.97 Å².